The summed E-state index contributed by atoms with van der Waals surface area (Å²) in [5.74, 6) is 0.00395. The van der Waals surface area contributed by atoms with Crippen molar-refractivity contribution < 1.29 is 5.11 Å². The second-order valence-corrected chi connectivity index (χ2v) is 4.30. The van der Waals surface area contributed by atoms with Crippen molar-refractivity contribution in [2.75, 3.05) is 0 Å². The van der Waals surface area contributed by atoms with E-state index in [1.807, 2.05) is 27.9 Å². The number of aromatic nitrogens is 3. The van der Waals surface area contributed by atoms with Gasteiger partial charge in [0, 0.05) is 0 Å². The summed E-state index contributed by atoms with van der Waals surface area (Å²) in [5.41, 5.74) is 3.86. The van der Waals surface area contributed by atoms with Crippen molar-refractivity contribution in [3.63, 3.8) is 0 Å². The van der Waals surface area contributed by atoms with Gasteiger partial charge < -0.3 is 5.11 Å². The molecule has 0 spiro atoms. The molecule has 18 heavy (non-hydrogen) atoms. The summed E-state index contributed by atoms with van der Waals surface area (Å²) in [6.45, 7) is 15.1. The molecule has 0 bridgehead atoms. The third-order valence-electron chi connectivity index (χ3n) is 2.61. The molecular weight excluding hydrogens is 226 g/mol. The average molecular weight is 243 g/mol. The Kier molecular flexibility index (Phi) is 2.79. The van der Waals surface area contributed by atoms with E-state index in [-0.39, 0.29) is 5.76 Å². The summed E-state index contributed by atoms with van der Waals surface area (Å²) < 4.78 is 3.83. The first-order valence-electron chi connectivity index (χ1n) is 5.65. The molecule has 0 aliphatic rings. The number of hydrogen-bond acceptors (Lipinski definition) is 1. The molecule has 4 heteroatoms. The quantitative estimate of drug-likeness (QED) is 0.633. The molecule has 0 atom stereocenters. The first kappa shape index (κ1) is 12.1. The lowest BCUT2D eigenvalue weighted by Gasteiger charge is -2.00. The van der Waals surface area contributed by atoms with Gasteiger partial charge in [-0.15, -0.1) is 14.1 Å². The maximum Gasteiger partial charge on any atom is 0.135 e. The van der Waals surface area contributed by atoms with Gasteiger partial charge in [0.05, 0.1) is 0 Å². The Labute approximate surface area is 106 Å². The Morgan fingerprint density at radius 2 is 1.78 bits per heavy atom. The monoisotopic (exact) mass is 243 g/mol. The maximum atomic E-state index is 9.58. The third kappa shape index (κ3) is 1.62. The number of allylic oxidation sites excluding steroid dienone is 4. The Hall–Kier alpha value is -2.36. The topological polar surface area (TPSA) is 34.0 Å². The fraction of sp³-hybridized carbons (Fsp3) is 0.143. The van der Waals surface area contributed by atoms with Crippen molar-refractivity contribution in [1.29, 1.82) is 0 Å². The zero-order chi connectivity index (χ0) is 13.4. The first-order valence-corrected chi connectivity index (χ1v) is 5.65. The molecule has 0 radical (unpaired) electrons. The van der Waals surface area contributed by atoms with Crippen molar-refractivity contribution in [1.82, 2.24) is 14.1 Å². The molecule has 4 nitrogen and oxygen atoms in total. The van der Waals surface area contributed by atoms with Crippen molar-refractivity contribution in [2.45, 2.75) is 13.8 Å². The van der Waals surface area contributed by atoms with E-state index < -0.39 is 0 Å². The van der Waals surface area contributed by atoms with Crippen molar-refractivity contribution in [3.8, 4) is 0 Å². The first-order chi connectivity index (χ1) is 8.52. The fourth-order valence-electron chi connectivity index (χ4n) is 1.88. The van der Waals surface area contributed by atoms with Crippen LogP contribution < -0.4 is 0 Å². The van der Waals surface area contributed by atoms with Crippen LogP contribution >= 0.6 is 0 Å². The van der Waals surface area contributed by atoms with Crippen LogP contribution in [0, 0.1) is 0 Å². The molecule has 2 aromatic heterocycles. The average Bonchev–Trinajstić information content (AvgIpc) is 2.92. The highest BCUT2D eigenvalue weighted by atomic mass is 16.3. The molecule has 1 N–H and O–H groups in total. The van der Waals surface area contributed by atoms with Crippen LogP contribution in [-0.4, -0.2) is 19.2 Å². The standard InChI is InChI=1S/C14H17N3O/c1-6-8-13(11(5)18)16-15-12(7-2)14(17(15)16)9-10(3)4/h6-9,18H,1-2,5H2,3-4H3/b13-8+. The number of fused-ring (bicyclic) bond motifs is 1. The van der Waals surface area contributed by atoms with E-state index >= 15 is 0 Å². The van der Waals surface area contributed by atoms with Gasteiger partial charge in [0.25, 0.3) is 0 Å². The van der Waals surface area contributed by atoms with Crippen LogP contribution in [-0.2, 0) is 0 Å². The molecule has 0 saturated heterocycles. The van der Waals surface area contributed by atoms with E-state index in [1.165, 1.54) is 5.57 Å². The van der Waals surface area contributed by atoms with Crippen LogP contribution in [0.15, 0.2) is 43.2 Å². The van der Waals surface area contributed by atoms with Gasteiger partial charge in [-0.3, -0.25) is 0 Å². The normalized spacial score (nSPS) is 12.0. The molecule has 0 amide bonds. The lowest BCUT2D eigenvalue weighted by atomic mass is 10.2. The van der Waals surface area contributed by atoms with E-state index in [9.17, 15) is 5.11 Å². The minimum absolute atomic E-state index is 0.00395. The van der Waals surface area contributed by atoms with E-state index in [0.717, 1.165) is 11.4 Å². The van der Waals surface area contributed by atoms with Crippen molar-refractivity contribution >= 4 is 17.8 Å². The smallest absolute Gasteiger partial charge is 0.135 e. The van der Waals surface area contributed by atoms with Gasteiger partial charge in [0.15, 0.2) is 0 Å². The molecule has 2 rings (SSSR count). The lowest BCUT2D eigenvalue weighted by molar-refractivity contribution is 0.435. The Bertz CT molecular complexity index is 669. The molecule has 0 saturated carbocycles. The summed E-state index contributed by atoms with van der Waals surface area (Å²) in [6, 6.07) is 0. The summed E-state index contributed by atoms with van der Waals surface area (Å²) in [7, 11) is 0. The highest BCUT2D eigenvalue weighted by Gasteiger charge is 2.28. The maximum absolute atomic E-state index is 9.58. The molecule has 2 heterocycles. The fourth-order valence-corrected chi connectivity index (χ4v) is 1.88. The Morgan fingerprint density at radius 3 is 2.22 bits per heavy atom. The van der Waals surface area contributed by atoms with Gasteiger partial charge in [-0.1, -0.05) is 31.4 Å². The summed E-state index contributed by atoms with van der Waals surface area (Å²) >= 11 is 0. The number of aliphatic hydroxyl groups excluding tert-OH is 1. The summed E-state index contributed by atoms with van der Waals surface area (Å²) in [4.78, 5) is 1.82. The molecular formula is C14H17N3O. The summed E-state index contributed by atoms with van der Waals surface area (Å²) in [5, 5.41) is 9.58. The van der Waals surface area contributed by atoms with E-state index in [4.69, 9.17) is 0 Å². The molecule has 0 aliphatic carbocycles. The van der Waals surface area contributed by atoms with Crippen molar-refractivity contribution in [3.05, 3.63) is 54.6 Å². The highest BCUT2D eigenvalue weighted by Crippen LogP contribution is 2.27. The molecule has 0 aliphatic heterocycles. The van der Waals surface area contributed by atoms with E-state index in [1.54, 1.807) is 18.2 Å². The van der Waals surface area contributed by atoms with E-state index in [0.29, 0.717) is 5.70 Å². The predicted octanol–water partition coefficient (Wildman–Crippen LogP) is 3.44. The third-order valence-corrected chi connectivity index (χ3v) is 2.61. The Morgan fingerprint density at radius 1 is 1.17 bits per heavy atom. The van der Waals surface area contributed by atoms with Crippen LogP contribution in [0.4, 0.5) is 0 Å². The van der Waals surface area contributed by atoms with E-state index in [2.05, 4.69) is 25.8 Å². The molecule has 0 unspecified atom stereocenters. The lowest BCUT2D eigenvalue weighted by Crippen LogP contribution is -1.99. The van der Waals surface area contributed by atoms with Gasteiger partial charge in [0.2, 0.25) is 0 Å². The van der Waals surface area contributed by atoms with Gasteiger partial charge in [-0.2, -0.15) is 0 Å². The number of aliphatic hydroxyl groups is 1. The zero-order valence-corrected chi connectivity index (χ0v) is 10.7. The van der Waals surface area contributed by atoms with Crippen LogP contribution in [0.3, 0.4) is 0 Å². The molecule has 94 valence electrons. The van der Waals surface area contributed by atoms with Gasteiger partial charge in [-0.25, -0.2) is 0 Å². The zero-order valence-electron chi connectivity index (χ0n) is 10.7. The SMILES string of the molecule is C=C/C=C(\C(=C)O)n1n2c(C=C)c(C=C(C)C)n12. The molecule has 0 aromatic carbocycles. The second-order valence-electron chi connectivity index (χ2n) is 4.30. The largest absolute Gasteiger partial charge is 0.506 e. The minimum atomic E-state index is 0.00395. The van der Waals surface area contributed by atoms with Gasteiger partial charge in [-0.05, 0) is 32.1 Å². The summed E-state index contributed by atoms with van der Waals surface area (Å²) in [6.07, 6.45) is 7.18. The van der Waals surface area contributed by atoms with Crippen LogP contribution in [0.1, 0.15) is 25.2 Å². The number of nitrogens with zero attached hydrogens (tertiary/aromatic N) is 3. The van der Waals surface area contributed by atoms with Gasteiger partial charge >= 0.3 is 0 Å². The van der Waals surface area contributed by atoms with Crippen molar-refractivity contribution in [2.24, 2.45) is 0 Å². The number of rotatable bonds is 5. The minimum Gasteiger partial charge on any atom is -0.506 e. The highest BCUT2D eigenvalue weighted by molar-refractivity contribution is 5.67. The molecule has 0 fully saturated rings. The van der Waals surface area contributed by atoms with Crippen LogP contribution in [0.5, 0.6) is 0 Å². The Balaban J connectivity index is 2.52. The molecule has 2 aromatic rings. The van der Waals surface area contributed by atoms with Crippen LogP contribution in [0.2, 0.25) is 0 Å². The predicted molar refractivity (Wildman–Crippen MR) is 75.7 cm³/mol. The number of hydrogen-bond donors (Lipinski definition) is 1. The van der Waals surface area contributed by atoms with Gasteiger partial charge in [0.1, 0.15) is 22.8 Å². The second kappa shape index (κ2) is 4.14. The van der Waals surface area contributed by atoms with Crippen LogP contribution in [0.25, 0.3) is 17.8 Å².